The van der Waals surface area contributed by atoms with Gasteiger partial charge in [0.15, 0.2) is 23.4 Å². The monoisotopic (exact) mass is 445 g/mol. The first-order valence-corrected chi connectivity index (χ1v) is 12.6. The minimum absolute atomic E-state index is 0.114. The van der Waals surface area contributed by atoms with Crippen LogP contribution in [0, 0.1) is 18.8 Å². The van der Waals surface area contributed by atoms with Gasteiger partial charge in [-0.3, -0.25) is 9.69 Å². The van der Waals surface area contributed by atoms with Gasteiger partial charge in [-0.15, -0.1) is 0 Å². The van der Waals surface area contributed by atoms with E-state index in [-0.39, 0.29) is 16.9 Å². The molecule has 1 N–H and O–H groups in total. The molecule has 1 spiro atoms. The standard InChI is InChI=1S/C28H31NO4/c1-16-4-2-3-5-18(16)15-32-24-13-23(31)26-25-19(24)12-21-20-8-9-22(30)27(33-26)28(20,25)10-11-29(21)14-17-6-7-17/h2-5,13,17,20-21,27,31H,6-12,14-15H2,1H3/t20-,21+,27-,28-/m0/s1. The lowest BCUT2D eigenvalue weighted by atomic mass is 9.51. The molecule has 0 unspecified atom stereocenters. The number of hydrogen-bond acceptors (Lipinski definition) is 5. The second kappa shape index (κ2) is 6.99. The normalized spacial score (nSPS) is 31.8. The molecule has 3 fully saturated rings. The topological polar surface area (TPSA) is 59.0 Å². The maximum Gasteiger partial charge on any atom is 0.174 e. The molecule has 5 aliphatic rings. The van der Waals surface area contributed by atoms with E-state index in [2.05, 4.69) is 24.0 Å². The maximum absolute atomic E-state index is 13.1. The van der Waals surface area contributed by atoms with Crippen LogP contribution in [-0.4, -0.2) is 41.0 Å². The molecular formula is C28H31NO4. The number of Topliss-reactive ketones (excluding diaryl/α,β-unsaturated/α-hetero) is 1. The highest BCUT2D eigenvalue weighted by Gasteiger charge is 2.66. The van der Waals surface area contributed by atoms with Gasteiger partial charge in [-0.05, 0) is 68.5 Å². The van der Waals surface area contributed by atoms with E-state index in [0.29, 0.717) is 30.7 Å². The summed E-state index contributed by atoms with van der Waals surface area (Å²) >= 11 is 0. The van der Waals surface area contributed by atoms with E-state index >= 15 is 0 Å². The van der Waals surface area contributed by atoms with Crippen LogP contribution >= 0.6 is 0 Å². The lowest BCUT2D eigenvalue weighted by Gasteiger charge is -2.57. The van der Waals surface area contributed by atoms with Crippen LogP contribution in [0.5, 0.6) is 17.2 Å². The Morgan fingerprint density at radius 3 is 2.91 bits per heavy atom. The van der Waals surface area contributed by atoms with Crippen LogP contribution in [0.2, 0.25) is 0 Å². The van der Waals surface area contributed by atoms with Gasteiger partial charge in [0.2, 0.25) is 0 Å². The van der Waals surface area contributed by atoms with E-state index in [4.69, 9.17) is 9.47 Å². The number of aromatic hydroxyl groups is 1. The number of benzene rings is 2. The number of likely N-dealkylation sites (tertiary alicyclic amines) is 1. The van der Waals surface area contributed by atoms with Gasteiger partial charge in [0.05, 0.1) is 0 Å². The minimum atomic E-state index is -0.451. The van der Waals surface area contributed by atoms with Gasteiger partial charge in [0.25, 0.3) is 0 Å². The molecule has 5 heteroatoms. The molecule has 2 aromatic rings. The number of nitrogens with zero attached hydrogens (tertiary/aromatic N) is 1. The maximum atomic E-state index is 13.1. The predicted octanol–water partition coefficient (Wildman–Crippen LogP) is 4.30. The van der Waals surface area contributed by atoms with Crippen LogP contribution < -0.4 is 9.47 Å². The number of piperidine rings is 1. The Hall–Kier alpha value is -2.53. The van der Waals surface area contributed by atoms with Crippen molar-refractivity contribution in [3.63, 3.8) is 0 Å². The van der Waals surface area contributed by atoms with Gasteiger partial charge in [-0.25, -0.2) is 0 Å². The molecule has 7 rings (SSSR count). The van der Waals surface area contributed by atoms with Crippen molar-refractivity contribution in [3.8, 4) is 17.2 Å². The summed E-state index contributed by atoms with van der Waals surface area (Å²) in [5.41, 5.74) is 4.30. The van der Waals surface area contributed by atoms with Gasteiger partial charge >= 0.3 is 0 Å². The Bertz CT molecular complexity index is 1150. The van der Waals surface area contributed by atoms with Gasteiger partial charge < -0.3 is 14.6 Å². The van der Waals surface area contributed by atoms with Crippen molar-refractivity contribution in [1.82, 2.24) is 4.90 Å². The zero-order chi connectivity index (χ0) is 22.3. The summed E-state index contributed by atoms with van der Waals surface area (Å²) in [6, 6.07) is 10.4. The molecule has 2 heterocycles. The Morgan fingerprint density at radius 2 is 2.09 bits per heavy atom. The fraction of sp³-hybridized carbons (Fsp3) is 0.536. The third-order valence-electron chi connectivity index (χ3n) is 9.15. The summed E-state index contributed by atoms with van der Waals surface area (Å²) in [7, 11) is 0. The average Bonchev–Trinajstić information content (AvgIpc) is 3.55. The molecule has 2 bridgehead atoms. The van der Waals surface area contributed by atoms with Crippen molar-refractivity contribution in [2.24, 2.45) is 11.8 Å². The molecule has 2 aromatic carbocycles. The smallest absolute Gasteiger partial charge is 0.174 e. The SMILES string of the molecule is Cc1ccccc1COc1cc(O)c2c3c1C[C@@H]1[C@@H]4CCC(=O)[C@H](O2)[C@]34CCN1CC1CC1. The molecule has 0 radical (unpaired) electrons. The van der Waals surface area contributed by atoms with Crippen LogP contribution in [0.4, 0.5) is 0 Å². The van der Waals surface area contributed by atoms with Crippen molar-refractivity contribution in [2.75, 3.05) is 13.1 Å². The Morgan fingerprint density at radius 1 is 1.24 bits per heavy atom. The number of phenols is 1. The number of hydrogen-bond donors (Lipinski definition) is 1. The number of rotatable bonds is 5. The summed E-state index contributed by atoms with van der Waals surface area (Å²) in [5.74, 6) is 2.87. The van der Waals surface area contributed by atoms with Crippen molar-refractivity contribution < 1.29 is 19.4 Å². The summed E-state index contributed by atoms with van der Waals surface area (Å²) in [5, 5.41) is 11.0. The fourth-order valence-electron chi connectivity index (χ4n) is 7.37. The second-order valence-corrected chi connectivity index (χ2v) is 10.9. The van der Waals surface area contributed by atoms with E-state index in [1.807, 2.05) is 12.1 Å². The molecule has 1 saturated heterocycles. The first-order chi connectivity index (χ1) is 16.1. The lowest BCUT2D eigenvalue weighted by Crippen LogP contribution is -2.66. The first-order valence-electron chi connectivity index (χ1n) is 12.6. The Kier molecular flexibility index (Phi) is 4.21. The minimum Gasteiger partial charge on any atom is -0.504 e. The van der Waals surface area contributed by atoms with Crippen LogP contribution in [0.15, 0.2) is 30.3 Å². The molecule has 4 atom stereocenters. The van der Waals surface area contributed by atoms with Crippen molar-refractivity contribution in [3.05, 3.63) is 52.6 Å². The molecular weight excluding hydrogens is 414 g/mol. The molecule has 5 nitrogen and oxygen atoms in total. The summed E-state index contributed by atoms with van der Waals surface area (Å²) < 4.78 is 12.7. The highest BCUT2D eigenvalue weighted by atomic mass is 16.5. The molecule has 2 aliphatic heterocycles. The first kappa shape index (κ1) is 19.9. The van der Waals surface area contributed by atoms with Crippen molar-refractivity contribution in [2.45, 2.75) is 69.6 Å². The number of ether oxygens (including phenoxy) is 2. The quantitative estimate of drug-likeness (QED) is 0.744. The molecule has 172 valence electrons. The van der Waals surface area contributed by atoms with Crippen LogP contribution in [0.3, 0.4) is 0 Å². The highest BCUT2D eigenvalue weighted by Crippen LogP contribution is 2.64. The summed E-state index contributed by atoms with van der Waals surface area (Å²) in [4.78, 5) is 15.8. The summed E-state index contributed by atoms with van der Waals surface area (Å²) in [6.07, 6.45) is 5.61. The number of phenolic OH excluding ortho intramolecular Hbond substituents is 1. The van der Waals surface area contributed by atoms with Gasteiger partial charge in [0, 0.05) is 41.6 Å². The van der Waals surface area contributed by atoms with E-state index in [1.165, 1.54) is 24.9 Å². The van der Waals surface area contributed by atoms with Gasteiger partial charge in [-0.1, -0.05) is 24.3 Å². The average molecular weight is 446 g/mol. The van der Waals surface area contributed by atoms with Crippen LogP contribution in [0.1, 0.15) is 54.4 Å². The third kappa shape index (κ3) is 2.78. The Balaban J connectivity index is 1.33. The second-order valence-electron chi connectivity index (χ2n) is 10.9. The predicted molar refractivity (Wildman–Crippen MR) is 124 cm³/mol. The number of aryl methyl sites for hydroxylation is 1. The molecule has 0 amide bonds. The van der Waals surface area contributed by atoms with E-state index in [1.54, 1.807) is 6.07 Å². The Labute approximate surface area is 194 Å². The molecule has 3 aliphatic carbocycles. The zero-order valence-electron chi connectivity index (χ0n) is 19.2. The summed E-state index contributed by atoms with van der Waals surface area (Å²) in [6.45, 7) is 4.75. The third-order valence-corrected chi connectivity index (χ3v) is 9.15. The number of carbonyl (C=O) groups is 1. The van der Waals surface area contributed by atoms with Gasteiger partial charge in [0.1, 0.15) is 12.4 Å². The van der Waals surface area contributed by atoms with Gasteiger partial charge in [-0.2, -0.15) is 0 Å². The number of carbonyl (C=O) groups excluding carboxylic acids is 1. The lowest BCUT2D eigenvalue weighted by molar-refractivity contribution is -0.138. The molecule has 2 saturated carbocycles. The van der Waals surface area contributed by atoms with E-state index in [9.17, 15) is 9.90 Å². The van der Waals surface area contributed by atoms with Crippen molar-refractivity contribution >= 4 is 5.78 Å². The molecule has 0 aromatic heterocycles. The van der Waals surface area contributed by atoms with E-state index < -0.39 is 6.10 Å². The highest BCUT2D eigenvalue weighted by molar-refractivity contribution is 5.89. The van der Waals surface area contributed by atoms with Crippen LogP contribution in [0.25, 0.3) is 0 Å². The van der Waals surface area contributed by atoms with Crippen LogP contribution in [-0.2, 0) is 23.2 Å². The fourth-order valence-corrected chi connectivity index (χ4v) is 7.37. The largest absolute Gasteiger partial charge is 0.504 e. The molecule has 33 heavy (non-hydrogen) atoms. The zero-order valence-corrected chi connectivity index (χ0v) is 19.2. The van der Waals surface area contributed by atoms with Crippen molar-refractivity contribution in [1.29, 1.82) is 0 Å². The number of ketones is 1. The van der Waals surface area contributed by atoms with E-state index in [0.717, 1.165) is 54.2 Å².